The largest absolute Gasteiger partial charge is 0.507 e. The van der Waals surface area contributed by atoms with Crippen LogP contribution in [-0.2, 0) is 4.79 Å². The number of aliphatic imine (C=N–C) groups is 1. The van der Waals surface area contributed by atoms with Gasteiger partial charge in [-0.25, -0.2) is 0 Å². The third-order valence-corrected chi connectivity index (χ3v) is 6.19. The molecular formula is C25H35N7O2. The van der Waals surface area contributed by atoms with E-state index in [2.05, 4.69) is 20.1 Å². The maximum absolute atomic E-state index is 10.8. The fourth-order valence-corrected chi connectivity index (χ4v) is 4.16. The van der Waals surface area contributed by atoms with Gasteiger partial charge in [-0.05, 0) is 69.4 Å². The van der Waals surface area contributed by atoms with Crippen LogP contribution in [0.15, 0.2) is 41.5 Å². The van der Waals surface area contributed by atoms with Crippen molar-refractivity contribution in [2.45, 2.75) is 38.5 Å². The number of carbonyl (C=O) groups excluding carboxylic acids is 1. The SMILES string of the molecule is N/C=C(\C=NCC1CCN(CCCCCC(N)=O)CC1)c1cc(-c2ccccc2O)nnc1N. The van der Waals surface area contributed by atoms with Crippen LogP contribution in [0.5, 0.6) is 5.75 Å². The zero-order chi connectivity index (χ0) is 24.3. The molecule has 182 valence electrons. The molecule has 0 saturated carbocycles. The van der Waals surface area contributed by atoms with Crippen LogP contribution >= 0.6 is 0 Å². The van der Waals surface area contributed by atoms with E-state index in [4.69, 9.17) is 17.2 Å². The second-order valence-corrected chi connectivity index (χ2v) is 8.72. The zero-order valence-electron chi connectivity index (χ0n) is 19.6. The topological polar surface area (TPSA) is 157 Å². The first-order valence-electron chi connectivity index (χ1n) is 11.8. The van der Waals surface area contributed by atoms with E-state index in [-0.39, 0.29) is 17.5 Å². The van der Waals surface area contributed by atoms with Crippen molar-refractivity contribution >= 4 is 23.5 Å². The third-order valence-electron chi connectivity index (χ3n) is 6.19. The first-order valence-corrected chi connectivity index (χ1v) is 11.8. The lowest BCUT2D eigenvalue weighted by atomic mass is 9.96. The number of aromatic nitrogens is 2. The predicted molar refractivity (Wildman–Crippen MR) is 136 cm³/mol. The smallest absolute Gasteiger partial charge is 0.217 e. The van der Waals surface area contributed by atoms with Gasteiger partial charge in [0.15, 0.2) is 5.82 Å². The Labute approximate surface area is 200 Å². The molecule has 1 aromatic carbocycles. The maximum atomic E-state index is 10.8. The molecule has 0 atom stereocenters. The van der Waals surface area contributed by atoms with E-state index in [0.29, 0.717) is 34.7 Å². The Morgan fingerprint density at radius 2 is 1.94 bits per heavy atom. The Kier molecular flexibility index (Phi) is 9.40. The van der Waals surface area contributed by atoms with Crippen LogP contribution in [0.2, 0.25) is 0 Å². The summed E-state index contributed by atoms with van der Waals surface area (Å²) in [5, 5.41) is 18.3. The fourth-order valence-electron chi connectivity index (χ4n) is 4.16. The minimum absolute atomic E-state index is 0.122. The quantitative estimate of drug-likeness (QED) is 0.293. The number of carbonyl (C=O) groups is 1. The number of phenolic OH excluding ortho intramolecular Hbond substituents is 1. The summed E-state index contributed by atoms with van der Waals surface area (Å²) < 4.78 is 0. The van der Waals surface area contributed by atoms with Gasteiger partial charge in [0.05, 0.1) is 5.69 Å². The summed E-state index contributed by atoms with van der Waals surface area (Å²) in [6, 6.07) is 8.71. The highest BCUT2D eigenvalue weighted by molar-refractivity contribution is 6.11. The highest BCUT2D eigenvalue weighted by atomic mass is 16.3. The van der Waals surface area contributed by atoms with Gasteiger partial charge in [0.1, 0.15) is 5.75 Å². The maximum Gasteiger partial charge on any atom is 0.217 e. The average Bonchev–Trinajstić information content (AvgIpc) is 2.83. The summed E-state index contributed by atoms with van der Waals surface area (Å²) in [6.45, 7) is 3.94. The average molecular weight is 466 g/mol. The van der Waals surface area contributed by atoms with Crippen LogP contribution in [0.4, 0.5) is 5.82 Å². The molecule has 1 fully saturated rings. The van der Waals surface area contributed by atoms with Crippen LogP contribution in [0.3, 0.4) is 0 Å². The van der Waals surface area contributed by atoms with Gasteiger partial charge in [0, 0.05) is 42.1 Å². The molecule has 0 unspecified atom stereocenters. The molecule has 1 aromatic heterocycles. The van der Waals surface area contributed by atoms with Crippen molar-refractivity contribution in [2.75, 3.05) is 31.9 Å². The van der Waals surface area contributed by atoms with E-state index in [1.165, 1.54) is 6.20 Å². The van der Waals surface area contributed by atoms with Gasteiger partial charge in [-0.3, -0.25) is 9.79 Å². The van der Waals surface area contributed by atoms with Gasteiger partial charge >= 0.3 is 0 Å². The number of allylic oxidation sites excluding steroid dienone is 1. The summed E-state index contributed by atoms with van der Waals surface area (Å²) in [4.78, 5) is 17.9. The van der Waals surface area contributed by atoms with Gasteiger partial charge in [-0.1, -0.05) is 18.6 Å². The monoisotopic (exact) mass is 465 g/mol. The van der Waals surface area contributed by atoms with Crippen LogP contribution in [0.25, 0.3) is 16.8 Å². The zero-order valence-corrected chi connectivity index (χ0v) is 19.6. The lowest BCUT2D eigenvalue weighted by Crippen LogP contribution is -2.35. The highest BCUT2D eigenvalue weighted by Gasteiger charge is 2.18. The Balaban J connectivity index is 1.51. The molecule has 9 nitrogen and oxygen atoms in total. The van der Waals surface area contributed by atoms with E-state index in [1.807, 2.05) is 6.07 Å². The van der Waals surface area contributed by atoms with Crippen LogP contribution in [0.1, 0.15) is 44.1 Å². The molecule has 7 N–H and O–H groups in total. The van der Waals surface area contributed by atoms with E-state index >= 15 is 0 Å². The number of nitrogen functional groups attached to an aromatic ring is 1. The Hall–Kier alpha value is -3.46. The standard InChI is InChI=1S/C25H35N7O2/c26-15-19(21-14-22(30-31-25(21)28)20-6-3-4-7-23(20)33)17-29-16-18-9-12-32(13-10-18)11-5-1-2-8-24(27)34/h3-4,6-7,14-15,17-18,33H,1-2,5,8-13,16,26H2,(H2,27,34)(H2,28,31)/b19-15+,29-17?. The van der Waals surface area contributed by atoms with E-state index in [0.717, 1.165) is 58.3 Å². The molecule has 9 heteroatoms. The molecule has 0 aliphatic carbocycles. The number of hydrogen-bond donors (Lipinski definition) is 4. The van der Waals surface area contributed by atoms with Gasteiger partial charge in [-0.2, -0.15) is 0 Å². The molecule has 34 heavy (non-hydrogen) atoms. The number of para-hydroxylation sites is 1. The lowest BCUT2D eigenvalue weighted by molar-refractivity contribution is -0.118. The number of phenols is 1. The van der Waals surface area contributed by atoms with Crippen molar-refractivity contribution in [1.29, 1.82) is 0 Å². The van der Waals surface area contributed by atoms with Crippen molar-refractivity contribution in [1.82, 2.24) is 15.1 Å². The van der Waals surface area contributed by atoms with Crippen molar-refractivity contribution in [3.05, 3.63) is 42.1 Å². The van der Waals surface area contributed by atoms with E-state index in [9.17, 15) is 9.90 Å². The van der Waals surface area contributed by atoms with Gasteiger partial charge in [-0.15, -0.1) is 10.2 Å². The molecule has 2 heterocycles. The lowest BCUT2D eigenvalue weighted by Gasteiger charge is -2.31. The normalized spacial score (nSPS) is 15.7. The molecule has 3 rings (SSSR count). The van der Waals surface area contributed by atoms with E-state index in [1.54, 1.807) is 30.5 Å². The van der Waals surface area contributed by atoms with Gasteiger partial charge in [0.2, 0.25) is 5.91 Å². The van der Waals surface area contributed by atoms with Crippen LogP contribution < -0.4 is 17.2 Å². The minimum atomic E-state index is -0.215. The predicted octanol–water partition coefficient (Wildman–Crippen LogP) is 2.56. The molecule has 0 bridgehead atoms. The van der Waals surface area contributed by atoms with Crippen LogP contribution in [0, 0.1) is 5.92 Å². The van der Waals surface area contributed by atoms with Gasteiger partial charge in [0.25, 0.3) is 0 Å². The van der Waals surface area contributed by atoms with Crippen molar-refractivity contribution in [3.63, 3.8) is 0 Å². The molecular weight excluding hydrogens is 430 g/mol. The first-order chi connectivity index (χ1) is 16.5. The Morgan fingerprint density at radius 1 is 1.18 bits per heavy atom. The number of nitrogens with zero attached hydrogens (tertiary/aromatic N) is 4. The number of aromatic hydroxyl groups is 1. The van der Waals surface area contributed by atoms with Crippen molar-refractivity contribution < 1.29 is 9.90 Å². The fraction of sp³-hybridized carbons (Fsp3) is 0.440. The van der Waals surface area contributed by atoms with E-state index < -0.39 is 0 Å². The third kappa shape index (κ3) is 7.28. The molecule has 0 radical (unpaired) electrons. The number of benzene rings is 1. The molecule has 1 aliphatic rings. The summed E-state index contributed by atoms with van der Waals surface area (Å²) in [6.07, 6.45) is 8.93. The number of piperidine rings is 1. The minimum Gasteiger partial charge on any atom is -0.507 e. The number of unbranched alkanes of at least 4 members (excludes halogenated alkanes) is 2. The Bertz CT molecular complexity index is 1010. The summed E-state index contributed by atoms with van der Waals surface area (Å²) in [5.41, 5.74) is 19.5. The number of likely N-dealkylation sites (tertiary alicyclic amines) is 1. The first kappa shape index (κ1) is 25.2. The molecule has 2 aromatic rings. The number of nitrogens with two attached hydrogens (primary N) is 3. The van der Waals surface area contributed by atoms with Gasteiger partial charge < -0.3 is 27.2 Å². The number of primary amides is 1. The number of hydrogen-bond acceptors (Lipinski definition) is 8. The summed E-state index contributed by atoms with van der Waals surface area (Å²) in [7, 11) is 0. The highest BCUT2D eigenvalue weighted by Crippen LogP contribution is 2.29. The number of amides is 1. The molecule has 1 saturated heterocycles. The molecule has 1 amide bonds. The van der Waals surface area contributed by atoms with Crippen LogP contribution in [-0.4, -0.2) is 58.5 Å². The summed E-state index contributed by atoms with van der Waals surface area (Å²) >= 11 is 0. The second-order valence-electron chi connectivity index (χ2n) is 8.72. The van der Waals surface area contributed by atoms with Crippen molar-refractivity contribution in [3.8, 4) is 17.0 Å². The molecule has 0 spiro atoms. The second kappa shape index (κ2) is 12.7. The van der Waals surface area contributed by atoms with Crippen molar-refractivity contribution in [2.24, 2.45) is 22.4 Å². The Morgan fingerprint density at radius 3 is 2.65 bits per heavy atom. The molecule has 1 aliphatic heterocycles. The number of anilines is 1. The number of rotatable bonds is 11. The summed E-state index contributed by atoms with van der Waals surface area (Å²) in [5.74, 6) is 0.696.